The molecule has 0 aromatic heterocycles. The van der Waals surface area contributed by atoms with Gasteiger partial charge in [0.25, 0.3) is 0 Å². The van der Waals surface area contributed by atoms with Crippen molar-refractivity contribution in [2.45, 2.75) is 64.5 Å². The number of aryl methyl sites for hydroxylation is 2. The van der Waals surface area contributed by atoms with Crippen molar-refractivity contribution in [1.82, 2.24) is 0 Å². The van der Waals surface area contributed by atoms with Gasteiger partial charge in [-0.1, -0.05) is 32.4 Å². The van der Waals surface area contributed by atoms with Crippen molar-refractivity contribution in [2.75, 3.05) is 5.01 Å². The molecule has 0 atom stereocenters. The van der Waals surface area contributed by atoms with E-state index in [9.17, 15) is 5.11 Å². The Morgan fingerprint density at radius 2 is 2.05 bits per heavy atom. The Morgan fingerprint density at radius 1 is 1.37 bits per heavy atom. The van der Waals surface area contributed by atoms with Crippen LogP contribution in [0.2, 0.25) is 0 Å². The molecule has 0 aliphatic heterocycles. The molecule has 2 rings (SSSR count). The number of nitrogens with two attached hydrogens (primary N) is 1. The maximum Gasteiger partial charge on any atom is 0.0660 e. The summed E-state index contributed by atoms with van der Waals surface area (Å²) < 4.78 is 0. The summed E-state index contributed by atoms with van der Waals surface area (Å²) in [6, 6.07) is 6.86. The van der Waals surface area contributed by atoms with Crippen molar-refractivity contribution in [3.05, 3.63) is 29.3 Å². The summed E-state index contributed by atoms with van der Waals surface area (Å²) in [6.45, 7) is 6.23. The third-order valence-corrected chi connectivity index (χ3v) is 4.10. The first-order valence-electron chi connectivity index (χ1n) is 7.35. The lowest BCUT2D eigenvalue weighted by molar-refractivity contribution is -0.0311. The normalized spacial score (nSPS) is 26.1. The number of nitrogens with zero attached hydrogens (tertiary/aromatic N) is 1. The number of hydrogen-bond donors (Lipinski definition) is 2. The zero-order valence-electron chi connectivity index (χ0n) is 12.3. The highest BCUT2D eigenvalue weighted by Crippen LogP contribution is 2.37. The molecule has 1 aromatic rings. The number of hydrazine groups is 1. The first-order valence-corrected chi connectivity index (χ1v) is 7.35. The van der Waals surface area contributed by atoms with Crippen LogP contribution in [0.25, 0.3) is 0 Å². The predicted molar refractivity (Wildman–Crippen MR) is 80.1 cm³/mol. The number of anilines is 1. The second kappa shape index (κ2) is 5.51. The van der Waals surface area contributed by atoms with Gasteiger partial charge in [-0.25, -0.2) is 5.84 Å². The molecule has 0 saturated heterocycles. The molecule has 1 aromatic carbocycles. The van der Waals surface area contributed by atoms with Gasteiger partial charge < -0.3 is 10.1 Å². The minimum atomic E-state index is -0.532. The van der Waals surface area contributed by atoms with Crippen molar-refractivity contribution in [3.63, 3.8) is 0 Å². The molecule has 3 heteroatoms. The summed E-state index contributed by atoms with van der Waals surface area (Å²) in [4.78, 5) is 0. The molecule has 106 valence electrons. The fraction of sp³-hybridized carbons (Fsp3) is 0.625. The third-order valence-electron chi connectivity index (χ3n) is 4.10. The number of aliphatic hydroxyl groups is 1. The van der Waals surface area contributed by atoms with Crippen LogP contribution in [0.4, 0.5) is 5.69 Å². The molecule has 0 bridgehead atoms. The molecular weight excluding hydrogens is 236 g/mol. The van der Waals surface area contributed by atoms with E-state index in [0.717, 1.165) is 37.8 Å². The standard InChI is InChI=1S/C16H26N2O/c1-4-6-13-8-7-12(5-2)9-15(13)18(17)14-10-16(3,19)11-14/h7-9,14,19H,4-6,10-11,17H2,1-3H3. The van der Waals surface area contributed by atoms with Gasteiger partial charge in [0.2, 0.25) is 0 Å². The molecule has 0 unspecified atom stereocenters. The summed E-state index contributed by atoms with van der Waals surface area (Å²) in [5, 5.41) is 11.7. The third kappa shape index (κ3) is 3.10. The topological polar surface area (TPSA) is 49.5 Å². The van der Waals surface area contributed by atoms with Gasteiger partial charge in [-0.3, -0.25) is 0 Å². The number of hydrogen-bond acceptors (Lipinski definition) is 3. The SMILES string of the molecule is CCCc1ccc(CC)cc1N(N)C1CC(C)(O)C1. The zero-order valence-corrected chi connectivity index (χ0v) is 12.3. The molecule has 0 radical (unpaired) electrons. The summed E-state index contributed by atoms with van der Waals surface area (Å²) in [5.74, 6) is 6.30. The van der Waals surface area contributed by atoms with Crippen LogP contribution in [0.5, 0.6) is 0 Å². The van der Waals surface area contributed by atoms with Gasteiger partial charge in [0.15, 0.2) is 0 Å². The molecule has 0 heterocycles. The first kappa shape index (κ1) is 14.4. The fourth-order valence-corrected chi connectivity index (χ4v) is 2.90. The van der Waals surface area contributed by atoms with Gasteiger partial charge in [-0.05, 0) is 49.8 Å². The summed E-state index contributed by atoms with van der Waals surface area (Å²) >= 11 is 0. The highest BCUT2D eigenvalue weighted by molar-refractivity contribution is 5.56. The van der Waals surface area contributed by atoms with E-state index in [4.69, 9.17) is 5.84 Å². The maximum absolute atomic E-state index is 9.87. The molecule has 1 saturated carbocycles. The Hall–Kier alpha value is -1.06. The van der Waals surface area contributed by atoms with Crippen LogP contribution in [0.3, 0.4) is 0 Å². The van der Waals surface area contributed by atoms with E-state index in [0.29, 0.717) is 0 Å². The van der Waals surface area contributed by atoms with Gasteiger partial charge in [0.1, 0.15) is 0 Å². The van der Waals surface area contributed by atoms with Crippen LogP contribution in [0, 0.1) is 0 Å². The Morgan fingerprint density at radius 3 is 2.58 bits per heavy atom. The minimum absolute atomic E-state index is 0.262. The van der Waals surface area contributed by atoms with E-state index >= 15 is 0 Å². The average Bonchev–Trinajstić information content (AvgIpc) is 2.36. The molecule has 1 fully saturated rings. The van der Waals surface area contributed by atoms with Crippen molar-refractivity contribution >= 4 is 5.69 Å². The summed E-state index contributed by atoms with van der Waals surface area (Å²) in [5.41, 5.74) is 3.24. The minimum Gasteiger partial charge on any atom is -0.390 e. The Kier molecular flexibility index (Phi) is 4.16. The van der Waals surface area contributed by atoms with Crippen LogP contribution < -0.4 is 10.9 Å². The van der Waals surface area contributed by atoms with Gasteiger partial charge in [0.05, 0.1) is 17.3 Å². The van der Waals surface area contributed by atoms with E-state index in [-0.39, 0.29) is 6.04 Å². The van der Waals surface area contributed by atoms with Crippen molar-refractivity contribution < 1.29 is 5.11 Å². The van der Waals surface area contributed by atoms with Crippen LogP contribution >= 0.6 is 0 Å². The molecular formula is C16H26N2O. The van der Waals surface area contributed by atoms with Crippen LogP contribution in [-0.4, -0.2) is 16.7 Å². The predicted octanol–water partition coefficient (Wildman–Crippen LogP) is 2.80. The molecule has 1 aliphatic rings. The summed E-state index contributed by atoms with van der Waals surface area (Å²) in [6.07, 6.45) is 4.71. The highest BCUT2D eigenvalue weighted by atomic mass is 16.3. The quantitative estimate of drug-likeness (QED) is 0.633. The van der Waals surface area contributed by atoms with Crippen LogP contribution in [-0.2, 0) is 12.8 Å². The van der Waals surface area contributed by atoms with Gasteiger partial charge in [-0.2, -0.15) is 0 Å². The Balaban J connectivity index is 2.21. The van der Waals surface area contributed by atoms with Gasteiger partial charge in [0, 0.05) is 0 Å². The molecule has 19 heavy (non-hydrogen) atoms. The van der Waals surface area contributed by atoms with Gasteiger partial charge >= 0.3 is 0 Å². The molecule has 3 nitrogen and oxygen atoms in total. The smallest absolute Gasteiger partial charge is 0.0660 e. The summed E-state index contributed by atoms with van der Waals surface area (Å²) in [7, 11) is 0. The van der Waals surface area contributed by atoms with Crippen molar-refractivity contribution in [3.8, 4) is 0 Å². The van der Waals surface area contributed by atoms with Gasteiger partial charge in [-0.15, -0.1) is 0 Å². The van der Waals surface area contributed by atoms with Crippen LogP contribution in [0.1, 0.15) is 51.2 Å². The highest BCUT2D eigenvalue weighted by Gasteiger charge is 2.41. The second-order valence-electron chi connectivity index (χ2n) is 6.03. The van der Waals surface area contributed by atoms with E-state index in [1.54, 1.807) is 0 Å². The number of benzene rings is 1. The molecule has 1 aliphatic carbocycles. The van der Waals surface area contributed by atoms with Crippen molar-refractivity contribution in [2.24, 2.45) is 5.84 Å². The number of rotatable bonds is 5. The molecule has 0 amide bonds. The average molecular weight is 262 g/mol. The molecule has 3 N–H and O–H groups in total. The lowest BCUT2D eigenvalue weighted by atomic mass is 9.76. The maximum atomic E-state index is 9.87. The zero-order chi connectivity index (χ0) is 14.0. The molecule has 0 spiro atoms. The van der Waals surface area contributed by atoms with E-state index < -0.39 is 5.60 Å². The monoisotopic (exact) mass is 262 g/mol. The Labute approximate surface area is 116 Å². The fourth-order valence-electron chi connectivity index (χ4n) is 2.90. The van der Waals surface area contributed by atoms with Crippen LogP contribution in [0.15, 0.2) is 18.2 Å². The van der Waals surface area contributed by atoms with E-state index in [2.05, 4.69) is 32.0 Å². The largest absolute Gasteiger partial charge is 0.390 e. The second-order valence-corrected chi connectivity index (χ2v) is 6.03. The van der Waals surface area contributed by atoms with E-state index in [1.807, 2.05) is 11.9 Å². The van der Waals surface area contributed by atoms with Crippen molar-refractivity contribution in [1.29, 1.82) is 0 Å². The van der Waals surface area contributed by atoms with E-state index in [1.165, 1.54) is 11.1 Å². The first-order chi connectivity index (χ1) is 8.96. The lowest BCUT2D eigenvalue weighted by Gasteiger charge is -2.46. The Bertz CT molecular complexity index is 434. The lowest BCUT2D eigenvalue weighted by Crippen LogP contribution is -2.56.